The number of carbonyl (C=O) groups is 2. The molecule has 0 aliphatic carbocycles. The molecule has 7 heteroatoms. The molecule has 0 aliphatic heterocycles. The van der Waals surface area contributed by atoms with Crippen molar-refractivity contribution in [1.29, 1.82) is 0 Å². The van der Waals surface area contributed by atoms with E-state index < -0.39 is 0 Å². The Kier molecular flexibility index (Phi) is 7.75. The van der Waals surface area contributed by atoms with Crippen LogP contribution in [0.2, 0.25) is 10.0 Å². The first-order valence-electron chi connectivity index (χ1n) is 8.12. The van der Waals surface area contributed by atoms with E-state index in [1.165, 1.54) is 7.11 Å². The van der Waals surface area contributed by atoms with E-state index in [0.29, 0.717) is 23.7 Å². The summed E-state index contributed by atoms with van der Waals surface area (Å²) in [4.78, 5) is 25.7. The number of amides is 2. The number of hydrogen-bond donors (Lipinski definition) is 1. The maximum Gasteiger partial charge on any atom is 0.321 e. The maximum absolute atomic E-state index is 12.7. The van der Waals surface area contributed by atoms with Crippen LogP contribution in [0, 0.1) is 0 Å². The minimum Gasteiger partial charge on any atom is -0.469 e. The van der Waals surface area contributed by atoms with Crippen LogP contribution in [0.3, 0.4) is 0 Å². The number of rotatable bonds is 7. The number of methoxy groups -OCH3 is 1. The molecule has 0 aromatic heterocycles. The van der Waals surface area contributed by atoms with Crippen LogP contribution in [-0.4, -0.2) is 37.1 Å². The monoisotopic (exact) mass is 394 g/mol. The number of nitrogens with one attached hydrogen (secondary N) is 1. The molecule has 0 radical (unpaired) electrons. The van der Waals surface area contributed by atoms with Crippen LogP contribution >= 0.6 is 23.2 Å². The molecular formula is C19H20Cl2N2O3. The Morgan fingerprint density at radius 2 is 1.77 bits per heavy atom. The molecule has 0 saturated carbocycles. The van der Waals surface area contributed by atoms with Gasteiger partial charge in [0.2, 0.25) is 0 Å². The molecule has 5 nitrogen and oxygen atoms in total. The molecule has 0 heterocycles. The van der Waals surface area contributed by atoms with Crippen LogP contribution < -0.4 is 5.32 Å². The topological polar surface area (TPSA) is 58.6 Å². The molecule has 2 amide bonds. The number of carbonyl (C=O) groups excluding carboxylic acids is 2. The molecule has 0 saturated heterocycles. The van der Waals surface area contributed by atoms with Gasteiger partial charge in [-0.05, 0) is 24.1 Å². The van der Waals surface area contributed by atoms with Crippen molar-refractivity contribution in [2.75, 3.05) is 25.5 Å². The van der Waals surface area contributed by atoms with Crippen LogP contribution in [-0.2, 0) is 16.0 Å². The van der Waals surface area contributed by atoms with Crippen molar-refractivity contribution in [3.8, 4) is 0 Å². The van der Waals surface area contributed by atoms with E-state index >= 15 is 0 Å². The summed E-state index contributed by atoms with van der Waals surface area (Å²) in [6.07, 6.45) is 0.778. The number of hydrogen-bond acceptors (Lipinski definition) is 3. The molecule has 1 N–H and O–H groups in total. The van der Waals surface area contributed by atoms with Crippen LogP contribution in [0.5, 0.6) is 0 Å². The Hall–Kier alpha value is -2.24. The first kappa shape index (κ1) is 20.1. The van der Waals surface area contributed by atoms with E-state index in [1.807, 2.05) is 30.3 Å². The second-order valence-electron chi connectivity index (χ2n) is 5.58. The van der Waals surface area contributed by atoms with E-state index in [0.717, 1.165) is 5.56 Å². The number of benzene rings is 2. The highest BCUT2D eigenvalue weighted by Gasteiger charge is 2.17. The van der Waals surface area contributed by atoms with Gasteiger partial charge in [-0.1, -0.05) is 59.6 Å². The lowest BCUT2D eigenvalue weighted by Gasteiger charge is -2.23. The fourth-order valence-corrected chi connectivity index (χ4v) is 2.69. The highest BCUT2D eigenvalue weighted by Crippen LogP contribution is 2.29. The average Bonchev–Trinajstić information content (AvgIpc) is 2.66. The SMILES string of the molecule is COC(=O)CCN(CCc1ccccc1)C(=O)Nc1cccc(Cl)c1Cl. The van der Waals surface area contributed by atoms with Crippen molar-refractivity contribution in [2.45, 2.75) is 12.8 Å². The van der Waals surface area contributed by atoms with Gasteiger partial charge >= 0.3 is 12.0 Å². The van der Waals surface area contributed by atoms with Crippen molar-refractivity contribution >= 4 is 40.9 Å². The molecule has 0 aliphatic rings. The zero-order chi connectivity index (χ0) is 18.9. The molecule has 138 valence electrons. The lowest BCUT2D eigenvalue weighted by molar-refractivity contribution is -0.140. The smallest absolute Gasteiger partial charge is 0.321 e. The van der Waals surface area contributed by atoms with Gasteiger partial charge in [0, 0.05) is 13.1 Å². The minimum atomic E-state index is -0.372. The third-order valence-corrected chi connectivity index (χ3v) is 4.63. The van der Waals surface area contributed by atoms with Gasteiger partial charge < -0.3 is 15.0 Å². The summed E-state index contributed by atoms with van der Waals surface area (Å²) >= 11 is 12.1. The summed E-state index contributed by atoms with van der Waals surface area (Å²) in [6.45, 7) is 0.689. The summed E-state index contributed by atoms with van der Waals surface area (Å²) in [7, 11) is 1.32. The summed E-state index contributed by atoms with van der Waals surface area (Å²) < 4.78 is 4.66. The van der Waals surface area contributed by atoms with Crippen molar-refractivity contribution in [3.63, 3.8) is 0 Å². The lowest BCUT2D eigenvalue weighted by Crippen LogP contribution is -2.38. The van der Waals surface area contributed by atoms with E-state index in [4.69, 9.17) is 23.2 Å². The van der Waals surface area contributed by atoms with E-state index in [-0.39, 0.29) is 30.0 Å². The van der Waals surface area contributed by atoms with Gasteiger partial charge in [-0.3, -0.25) is 4.79 Å². The number of esters is 1. The normalized spacial score (nSPS) is 10.3. The highest BCUT2D eigenvalue weighted by molar-refractivity contribution is 6.43. The minimum absolute atomic E-state index is 0.113. The molecular weight excluding hydrogens is 375 g/mol. The molecule has 2 aromatic carbocycles. The third-order valence-electron chi connectivity index (χ3n) is 3.81. The second kappa shape index (κ2) is 10.0. The quantitative estimate of drug-likeness (QED) is 0.696. The van der Waals surface area contributed by atoms with Gasteiger partial charge in [-0.2, -0.15) is 0 Å². The molecule has 2 aromatic rings. The van der Waals surface area contributed by atoms with Crippen LogP contribution in [0.1, 0.15) is 12.0 Å². The van der Waals surface area contributed by atoms with Gasteiger partial charge in [0.1, 0.15) is 0 Å². The van der Waals surface area contributed by atoms with E-state index in [1.54, 1.807) is 23.1 Å². The Labute approximate surface area is 162 Å². The molecule has 0 fully saturated rings. The number of nitrogens with zero attached hydrogens (tertiary/aromatic N) is 1. The van der Waals surface area contributed by atoms with E-state index in [2.05, 4.69) is 10.1 Å². The zero-order valence-electron chi connectivity index (χ0n) is 14.4. The summed E-state index contributed by atoms with van der Waals surface area (Å²) in [5, 5.41) is 3.38. The number of urea groups is 1. The molecule has 0 bridgehead atoms. The molecule has 0 unspecified atom stereocenters. The second-order valence-corrected chi connectivity index (χ2v) is 6.37. The molecule has 26 heavy (non-hydrogen) atoms. The van der Waals surface area contributed by atoms with Crippen LogP contribution in [0.15, 0.2) is 48.5 Å². The standard InChI is InChI=1S/C19H20Cl2N2O3/c1-26-17(24)11-13-23(12-10-14-6-3-2-4-7-14)19(25)22-16-9-5-8-15(20)18(16)21/h2-9H,10-13H2,1H3,(H,22,25). The first-order valence-corrected chi connectivity index (χ1v) is 8.87. The fourth-order valence-electron chi connectivity index (χ4n) is 2.35. The zero-order valence-corrected chi connectivity index (χ0v) is 15.9. The Morgan fingerprint density at radius 3 is 2.46 bits per heavy atom. The predicted molar refractivity (Wildman–Crippen MR) is 104 cm³/mol. The predicted octanol–water partition coefficient (Wildman–Crippen LogP) is 4.63. The van der Waals surface area contributed by atoms with Crippen molar-refractivity contribution < 1.29 is 14.3 Å². The van der Waals surface area contributed by atoms with Crippen molar-refractivity contribution in [3.05, 3.63) is 64.1 Å². The van der Waals surface area contributed by atoms with Crippen LogP contribution in [0.4, 0.5) is 10.5 Å². The van der Waals surface area contributed by atoms with Gasteiger partial charge in [0.05, 0.1) is 29.3 Å². The molecule has 0 atom stereocenters. The molecule has 0 spiro atoms. The van der Waals surface area contributed by atoms with Crippen molar-refractivity contribution in [1.82, 2.24) is 4.90 Å². The van der Waals surface area contributed by atoms with Gasteiger partial charge in [-0.15, -0.1) is 0 Å². The summed E-state index contributed by atoms with van der Waals surface area (Å²) in [5.74, 6) is -0.372. The van der Waals surface area contributed by atoms with Crippen LogP contribution in [0.25, 0.3) is 0 Å². The third kappa shape index (κ3) is 5.93. The lowest BCUT2D eigenvalue weighted by atomic mass is 10.1. The summed E-state index contributed by atoms with van der Waals surface area (Å²) in [6, 6.07) is 14.5. The Balaban J connectivity index is 2.06. The maximum atomic E-state index is 12.7. The number of halogens is 2. The number of anilines is 1. The Morgan fingerprint density at radius 1 is 1.04 bits per heavy atom. The molecule has 2 rings (SSSR count). The Bertz CT molecular complexity index is 754. The van der Waals surface area contributed by atoms with Gasteiger partial charge in [0.25, 0.3) is 0 Å². The average molecular weight is 395 g/mol. The van der Waals surface area contributed by atoms with E-state index in [9.17, 15) is 9.59 Å². The van der Waals surface area contributed by atoms with Gasteiger partial charge in [0.15, 0.2) is 0 Å². The summed E-state index contributed by atoms with van der Waals surface area (Å²) in [5.41, 5.74) is 1.52. The van der Waals surface area contributed by atoms with Crippen molar-refractivity contribution in [2.24, 2.45) is 0 Å². The first-order chi connectivity index (χ1) is 12.5. The largest absolute Gasteiger partial charge is 0.469 e. The number of ether oxygens (including phenoxy) is 1. The highest BCUT2D eigenvalue weighted by atomic mass is 35.5. The fraction of sp³-hybridized carbons (Fsp3) is 0.263. The van der Waals surface area contributed by atoms with Gasteiger partial charge in [-0.25, -0.2) is 4.79 Å².